The van der Waals surface area contributed by atoms with Crippen LogP contribution in [0.5, 0.6) is 0 Å². The fourth-order valence-corrected chi connectivity index (χ4v) is 2.85. The molecule has 0 saturated carbocycles. The van der Waals surface area contributed by atoms with E-state index in [1.807, 2.05) is 13.2 Å². The second kappa shape index (κ2) is 7.02. The van der Waals surface area contributed by atoms with Crippen LogP contribution in [-0.2, 0) is 6.54 Å². The van der Waals surface area contributed by atoms with E-state index in [9.17, 15) is 0 Å². The second-order valence-electron chi connectivity index (χ2n) is 6.08. The van der Waals surface area contributed by atoms with E-state index >= 15 is 0 Å². The van der Waals surface area contributed by atoms with Gasteiger partial charge < -0.3 is 10.2 Å². The molecule has 1 N–H and O–H groups in total. The zero-order valence-corrected chi connectivity index (χ0v) is 13.3. The SMILES string of the molecule is CCC1CCN(c2cnc(C(C)C)nc2CNC)CC1. The van der Waals surface area contributed by atoms with Crippen molar-refractivity contribution < 1.29 is 0 Å². The summed E-state index contributed by atoms with van der Waals surface area (Å²) in [6, 6.07) is 0. The van der Waals surface area contributed by atoms with Gasteiger partial charge in [0.05, 0.1) is 17.6 Å². The van der Waals surface area contributed by atoms with E-state index in [0.29, 0.717) is 5.92 Å². The predicted molar refractivity (Wildman–Crippen MR) is 84.1 cm³/mol. The fourth-order valence-electron chi connectivity index (χ4n) is 2.85. The number of rotatable bonds is 5. The Morgan fingerprint density at radius 3 is 2.60 bits per heavy atom. The maximum Gasteiger partial charge on any atom is 0.131 e. The molecule has 0 atom stereocenters. The molecule has 2 heterocycles. The van der Waals surface area contributed by atoms with Crippen LogP contribution in [0.1, 0.15) is 57.5 Å². The Labute approximate surface area is 123 Å². The van der Waals surface area contributed by atoms with E-state index in [1.54, 1.807) is 0 Å². The van der Waals surface area contributed by atoms with Crippen LogP contribution in [0.2, 0.25) is 0 Å². The van der Waals surface area contributed by atoms with E-state index in [4.69, 9.17) is 4.98 Å². The number of hydrogen-bond donors (Lipinski definition) is 1. The molecule has 0 amide bonds. The third kappa shape index (κ3) is 3.48. The van der Waals surface area contributed by atoms with E-state index in [0.717, 1.165) is 37.1 Å². The number of hydrogen-bond acceptors (Lipinski definition) is 4. The van der Waals surface area contributed by atoms with Crippen molar-refractivity contribution in [3.63, 3.8) is 0 Å². The number of nitrogens with zero attached hydrogens (tertiary/aromatic N) is 3. The van der Waals surface area contributed by atoms with Crippen molar-refractivity contribution in [3.8, 4) is 0 Å². The van der Waals surface area contributed by atoms with Gasteiger partial charge in [0.2, 0.25) is 0 Å². The van der Waals surface area contributed by atoms with Gasteiger partial charge in [-0.05, 0) is 25.8 Å². The van der Waals surface area contributed by atoms with Crippen molar-refractivity contribution in [2.24, 2.45) is 5.92 Å². The van der Waals surface area contributed by atoms with Crippen molar-refractivity contribution in [2.45, 2.75) is 52.5 Å². The fraction of sp³-hybridized carbons (Fsp3) is 0.750. The van der Waals surface area contributed by atoms with Gasteiger partial charge >= 0.3 is 0 Å². The first-order valence-corrected chi connectivity index (χ1v) is 7.91. The summed E-state index contributed by atoms with van der Waals surface area (Å²) in [5, 5.41) is 3.23. The van der Waals surface area contributed by atoms with E-state index in [-0.39, 0.29) is 0 Å². The van der Waals surface area contributed by atoms with Crippen LogP contribution in [0.25, 0.3) is 0 Å². The molecule has 112 valence electrons. The molecule has 1 saturated heterocycles. The molecule has 0 aliphatic carbocycles. The van der Waals surface area contributed by atoms with Gasteiger partial charge in [-0.15, -0.1) is 0 Å². The van der Waals surface area contributed by atoms with Gasteiger partial charge in [-0.3, -0.25) is 0 Å². The average Bonchev–Trinajstić information content (AvgIpc) is 2.47. The normalized spacial score (nSPS) is 16.9. The first-order valence-electron chi connectivity index (χ1n) is 7.91. The number of aromatic nitrogens is 2. The van der Waals surface area contributed by atoms with Gasteiger partial charge in [-0.1, -0.05) is 27.2 Å². The molecule has 0 spiro atoms. The summed E-state index contributed by atoms with van der Waals surface area (Å²) >= 11 is 0. The summed E-state index contributed by atoms with van der Waals surface area (Å²) in [7, 11) is 1.98. The molecular weight excluding hydrogens is 248 g/mol. The lowest BCUT2D eigenvalue weighted by Crippen LogP contribution is -2.35. The van der Waals surface area contributed by atoms with Crippen LogP contribution < -0.4 is 10.2 Å². The molecule has 1 aromatic rings. The number of anilines is 1. The maximum absolute atomic E-state index is 4.76. The van der Waals surface area contributed by atoms with Gasteiger partial charge in [0.1, 0.15) is 5.82 Å². The summed E-state index contributed by atoms with van der Waals surface area (Å²) in [6.07, 6.45) is 5.92. The quantitative estimate of drug-likeness (QED) is 0.897. The first-order chi connectivity index (χ1) is 9.65. The van der Waals surface area contributed by atoms with Gasteiger partial charge in [0.25, 0.3) is 0 Å². The number of piperidine rings is 1. The molecule has 20 heavy (non-hydrogen) atoms. The molecule has 1 aliphatic heterocycles. The monoisotopic (exact) mass is 276 g/mol. The van der Waals surface area contributed by atoms with Crippen molar-refractivity contribution in [1.82, 2.24) is 15.3 Å². The molecular formula is C16H28N4. The van der Waals surface area contributed by atoms with E-state index in [2.05, 4.69) is 36.0 Å². The highest BCUT2D eigenvalue weighted by molar-refractivity contribution is 5.49. The zero-order chi connectivity index (χ0) is 14.5. The van der Waals surface area contributed by atoms with Crippen LogP contribution in [0, 0.1) is 5.92 Å². The molecule has 0 radical (unpaired) electrons. The molecule has 1 aliphatic rings. The highest BCUT2D eigenvalue weighted by Gasteiger charge is 2.21. The van der Waals surface area contributed by atoms with Crippen molar-refractivity contribution in [1.29, 1.82) is 0 Å². The first kappa shape index (κ1) is 15.2. The molecule has 0 unspecified atom stereocenters. The number of nitrogens with one attached hydrogen (secondary N) is 1. The molecule has 4 nitrogen and oxygen atoms in total. The lowest BCUT2D eigenvalue weighted by atomic mass is 9.94. The Morgan fingerprint density at radius 2 is 2.05 bits per heavy atom. The third-order valence-electron chi connectivity index (χ3n) is 4.26. The van der Waals surface area contributed by atoms with Gasteiger partial charge in [-0.25, -0.2) is 9.97 Å². The minimum atomic E-state index is 0.380. The van der Waals surface area contributed by atoms with Gasteiger partial charge in [0, 0.05) is 25.6 Å². The van der Waals surface area contributed by atoms with Gasteiger partial charge in [0.15, 0.2) is 0 Å². The summed E-state index contributed by atoms with van der Waals surface area (Å²) in [6.45, 7) is 9.67. The molecule has 4 heteroatoms. The predicted octanol–water partition coefficient (Wildman–Crippen LogP) is 2.95. The smallest absolute Gasteiger partial charge is 0.131 e. The van der Waals surface area contributed by atoms with Crippen LogP contribution in [0.3, 0.4) is 0 Å². The Balaban J connectivity index is 2.18. The highest BCUT2D eigenvalue weighted by atomic mass is 15.2. The standard InChI is InChI=1S/C16H28N4/c1-5-13-6-8-20(9-7-13)15-11-18-16(12(2)3)19-14(15)10-17-4/h11-13,17H,5-10H2,1-4H3. The molecule has 0 bridgehead atoms. The second-order valence-corrected chi connectivity index (χ2v) is 6.08. The Kier molecular flexibility index (Phi) is 5.35. The maximum atomic E-state index is 4.76. The highest BCUT2D eigenvalue weighted by Crippen LogP contribution is 2.27. The molecule has 2 rings (SSSR count). The van der Waals surface area contributed by atoms with E-state index in [1.165, 1.54) is 24.9 Å². The summed E-state index contributed by atoms with van der Waals surface area (Å²) in [5.41, 5.74) is 2.36. The molecule has 1 aromatic heterocycles. The summed E-state index contributed by atoms with van der Waals surface area (Å²) < 4.78 is 0. The summed E-state index contributed by atoms with van der Waals surface area (Å²) in [5.74, 6) is 2.22. The largest absolute Gasteiger partial charge is 0.369 e. The van der Waals surface area contributed by atoms with Crippen LogP contribution >= 0.6 is 0 Å². The zero-order valence-electron chi connectivity index (χ0n) is 13.3. The third-order valence-corrected chi connectivity index (χ3v) is 4.26. The minimum absolute atomic E-state index is 0.380. The van der Waals surface area contributed by atoms with Crippen molar-refractivity contribution in [3.05, 3.63) is 17.7 Å². The topological polar surface area (TPSA) is 41.1 Å². The van der Waals surface area contributed by atoms with Crippen LogP contribution in [0.15, 0.2) is 6.20 Å². The van der Waals surface area contributed by atoms with Gasteiger partial charge in [-0.2, -0.15) is 0 Å². The van der Waals surface area contributed by atoms with Crippen molar-refractivity contribution >= 4 is 5.69 Å². The van der Waals surface area contributed by atoms with Crippen LogP contribution in [-0.4, -0.2) is 30.1 Å². The lowest BCUT2D eigenvalue weighted by Gasteiger charge is -2.34. The Hall–Kier alpha value is -1.16. The summed E-state index contributed by atoms with van der Waals surface area (Å²) in [4.78, 5) is 11.8. The molecule has 1 fully saturated rings. The Morgan fingerprint density at radius 1 is 1.35 bits per heavy atom. The Bertz CT molecular complexity index is 422. The van der Waals surface area contributed by atoms with Crippen LogP contribution in [0.4, 0.5) is 5.69 Å². The average molecular weight is 276 g/mol. The van der Waals surface area contributed by atoms with Crippen molar-refractivity contribution in [2.75, 3.05) is 25.0 Å². The lowest BCUT2D eigenvalue weighted by molar-refractivity contribution is 0.394. The van der Waals surface area contributed by atoms with E-state index < -0.39 is 0 Å². The molecule has 0 aromatic carbocycles. The minimum Gasteiger partial charge on any atom is -0.369 e.